The Hall–Kier alpha value is -1.09. The summed E-state index contributed by atoms with van der Waals surface area (Å²) in [5.41, 5.74) is 1.05. The minimum atomic E-state index is -0.287. The quantitative estimate of drug-likeness (QED) is 0.360. The second-order valence-corrected chi connectivity index (χ2v) is 3.78. The molecule has 76 valence electrons. The van der Waals surface area contributed by atoms with Gasteiger partial charge in [-0.3, -0.25) is 0 Å². The molecular weight excluding hydrogens is 180 g/mol. The highest BCUT2D eigenvalue weighted by molar-refractivity contribution is 5.83. The Balaban J connectivity index is 2.22. The van der Waals surface area contributed by atoms with Gasteiger partial charge in [0, 0.05) is 11.5 Å². The van der Waals surface area contributed by atoms with Crippen molar-refractivity contribution in [1.82, 2.24) is 0 Å². The van der Waals surface area contributed by atoms with Gasteiger partial charge in [-0.15, -0.1) is 0 Å². The van der Waals surface area contributed by atoms with Crippen LogP contribution in [0.15, 0.2) is 23.8 Å². The lowest BCUT2D eigenvalue weighted by Gasteiger charge is -2.20. The fraction of sp³-hybridized carbons (Fsp3) is 0.545. The number of allylic oxidation sites excluding steroid dienone is 1. The van der Waals surface area contributed by atoms with Gasteiger partial charge >= 0.3 is 5.97 Å². The average Bonchev–Trinajstić information content (AvgIpc) is 2.79. The number of ether oxygens (including phenoxy) is 2. The van der Waals surface area contributed by atoms with E-state index in [1.165, 1.54) is 7.11 Å². The second-order valence-electron chi connectivity index (χ2n) is 3.78. The first-order valence-electron chi connectivity index (χ1n) is 4.81. The van der Waals surface area contributed by atoms with Gasteiger partial charge in [-0.05, 0) is 18.4 Å². The van der Waals surface area contributed by atoms with Gasteiger partial charge < -0.3 is 9.47 Å². The van der Waals surface area contributed by atoms with Crippen LogP contribution in [0.3, 0.4) is 0 Å². The molecule has 1 saturated heterocycles. The summed E-state index contributed by atoms with van der Waals surface area (Å²) in [4.78, 5) is 11.1. The molecule has 0 bridgehead atoms. The number of hydrogen-bond acceptors (Lipinski definition) is 3. The molecule has 0 aromatic heterocycles. The van der Waals surface area contributed by atoms with E-state index in [4.69, 9.17) is 4.74 Å². The Bertz CT molecular complexity index is 304. The lowest BCUT2D eigenvalue weighted by Crippen LogP contribution is -2.18. The third kappa shape index (κ3) is 1.48. The third-order valence-corrected chi connectivity index (χ3v) is 2.94. The number of carbonyl (C=O) groups excluding carboxylic acids is 1. The highest BCUT2D eigenvalue weighted by Crippen LogP contribution is 2.43. The zero-order chi connectivity index (χ0) is 10.0. The molecule has 14 heavy (non-hydrogen) atoms. The average molecular weight is 194 g/mol. The molecule has 1 atom stereocenters. The summed E-state index contributed by atoms with van der Waals surface area (Å²) >= 11 is 0. The first-order chi connectivity index (χ1) is 6.77. The fourth-order valence-electron chi connectivity index (χ4n) is 2.09. The minimum absolute atomic E-state index is 0.00576. The molecule has 0 aromatic rings. The molecule has 1 spiro atoms. The molecule has 0 N–H and O–H groups in total. The van der Waals surface area contributed by atoms with Crippen LogP contribution >= 0.6 is 0 Å². The van der Waals surface area contributed by atoms with Crippen molar-refractivity contribution in [2.75, 3.05) is 20.3 Å². The SMILES string of the molecule is COC(=O)/C=C1\COC[C@@]12C=CCC2. The molecule has 1 fully saturated rings. The first-order valence-corrected chi connectivity index (χ1v) is 4.81. The van der Waals surface area contributed by atoms with Crippen molar-refractivity contribution in [2.45, 2.75) is 12.8 Å². The Morgan fingerprint density at radius 3 is 3.21 bits per heavy atom. The smallest absolute Gasteiger partial charge is 0.330 e. The van der Waals surface area contributed by atoms with E-state index < -0.39 is 0 Å². The molecule has 3 heteroatoms. The van der Waals surface area contributed by atoms with Crippen LogP contribution in [0, 0.1) is 5.41 Å². The standard InChI is InChI=1S/C11H14O3/c1-13-10(12)6-9-7-14-8-11(9)4-2-3-5-11/h2,4,6H,3,5,7-8H2,1H3/b9-6+/t11-/m0/s1. The van der Waals surface area contributed by atoms with Crippen LogP contribution in [0.4, 0.5) is 0 Å². The summed E-state index contributed by atoms with van der Waals surface area (Å²) in [6, 6.07) is 0. The molecule has 1 aliphatic carbocycles. The highest BCUT2D eigenvalue weighted by atomic mass is 16.5. The summed E-state index contributed by atoms with van der Waals surface area (Å²) in [6.45, 7) is 1.26. The van der Waals surface area contributed by atoms with Crippen molar-refractivity contribution in [1.29, 1.82) is 0 Å². The topological polar surface area (TPSA) is 35.5 Å². The van der Waals surface area contributed by atoms with Crippen molar-refractivity contribution >= 4 is 5.97 Å². The maximum atomic E-state index is 11.1. The maximum Gasteiger partial charge on any atom is 0.330 e. The van der Waals surface area contributed by atoms with Gasteiger partial charge in [-0.1, -0.05) is 12.2 Å². The van der Waals surface area contributed by atoms with Gasteiger partial charge in [0.25, 0.3) is 0 Å². The third-order valence-electron chi connectivity index (χ3n) is 2.94. The largest absolute Gasteiger partial charge is 0.466 e. The molecule has 2 rings (SSSR count). The highest BCUT2D eigenvalue weighted by Gasteiger charge is 2.39. The normalized spacial score (nSPS) is 33.1. The Kier molecular flexibility index (Phi) is 2.42. The van der Waals surface area contributed by atoms with Crippen molar-refractivity contribution in [3.63, 3.8) is 0 Å². The predicted octanol–water partition coefficient (Wildman–Crippen LogP) is 1.45. The monoisotopic (exact) mass is 194 g/mol. The van der Waals surface area contributed by atoms with Gasteiger partial charge in [0.1, 0.15) is 0 Å². The molecule has 3 nitrogen and oxygen atoms in total. The van der Waals surface area contributed by atoms with Gasteiger partial charge in [-0.2, -0.15) is 0 Å². The molecule has 0 amide bonds. The Morgan fingerprint density at radius 1 is 1.71 bits per heavy atom. The van der Waals surface area contributed by atoms with Crippen LogP contribution < -0.4 is 0 Å². The van der Waals surface area contributed by atoms with E-state index in [-0.39, 0.29) is 11.4 Å². The van der Waals surface area contributed by atoms with E-state index in [2.05, 4.69) is 16.9 Å². The Morgan fingerprint density at radius 2 is 2.57 bits per heavy atom. The van der Waals surface area contributed by atoms with E-state index >= 15 is 0 Å². The number of esters is 1. The van der Waals surface area contributed by atoms with Gasteiger partial charge in [0.05, 0.1) is 20.3 Å². The maximum absolute atomic E-state index is 11.1. The van der Waals surface area contributed by atoms with E-state index in [0.29, 0.717) is 13.2 Å². The van der Waals surface area contributed by atoms with Crippen molar-refractivity contribution in [2.24, 2.45) is 5.41 Å². The molecule has 0 radical (unpaired) electrons. The van der Waals surface area contributed by atoms with Crippen LogP contribution in [-0.4, -0.2) is 26.3 Å². The van der Waals surface area contributed by atoms with Crippen molar-refractivity contribution in [3.05, 3.63) is 23.8 Å². The molecule has 0 unspecified atom stereocenters. The number of hydrogen-bond donors (Lipinski definition) is 0. The molecule has 1 aliphatic heterocycles. The van der Waals surface area contributed by atoms with Gasteiger partial charge in [0.15, 0.2) is 0 Å². The number of rotatable bonds is 1. The summed E-state index contributed by atoms with van der Waals surface area (Å²) in [5, 5.41) is 0. The number of methoxy groups -OCH3 is 1. The van der Waals surface area contributed by atoms with Crippen LogP contribution in [-0.2, 0) is 14.3 Å². The second kappa shape index (κ2) is 3.58. The number of carbonyl (C=O) groups is 1. The molecule has 2 aliphatic rings. The molecule has 0 saturated carbocycles. The summed E-state index contributed by atoms with van der Waals surface area (Å²) < 4.78 is 10.0. The predicted molar refractivity (Wildman–Crippen MR) is 51.7 cm³/mol. The van der Waals surface area contributed by atoms with Crippen LogP contribution in [0.1, 0.15) is 12.8 Å². The Labute approximate surface area is 83.4 Å². The summed E-state index contributed by atoms with van der Waals surface area (Å²) in [5.74, 6) is -0.287. The minimum Gasteiger partial charge on any atom is -0.466 e. The molecule has 0 aromatic carbocycles. The summed E-state index contributed by atoms with van der Waals surface area (Å²) in [7, 11) is 1.40. The van der Waals surface area contributed by atoms with Crippen molar-refractivity contribution in [3.8, 4) is 0 Å². The van der Waals surface area contributed by atoms with E-state index in [1.807, 2.05) is 0 Å². The van der Waals surface area contributed by atoms with Crippen molar-refractivity contribution < 1.29 is 14.3 Å². The first kappa shape index (κ1) is 9.46. The van der Waals surface area contributed by atoms with Crippen LogP contribution in [0.25, 0.3) is 0 Å². The zero-order valence-corrected chi connectivity index (χ0v) is 8.29. The van der Waals surface area contributed by atoms with E-state index in [9.17, 15) is 4.79 Å². The van der Waals surface area contributed by atoms with E-state index in [0.717, 1.165) is 18.4 Å². The lowest BCUT2D eigenvalue weighted by atomic mass is 9.82. The van der Waals surface area contributed by atoms with Gasteiger partial charge in [0.2, 0.25) is 0 Å². The zero-order valence-electron chi connectivity index (χ0n) is 8.29. The van der Waals surface area contributed by atoms with Crippen LogP contribution in [0.2, 0.25) is 0 Å². The molecular formula is C11H14O3. The van der Waals surface area contributed by atoms with Gasteiger partial charge in [-0.25, -0.2) is 4.79 Å². The molecule has 1 heterocycles. The van der Waals surface area contributed by atoms with Crippen LogP contribution in [0.5, 0.6) is 0 Å². The lowest BCUT2D eigenvalue weighted by molar-refractivity contribution is -0.134. The van der Waals surface area contributed by atoms with E-state index in [1.54, 1.807) is 6.08 Å². The summed E-state index contributed by atoms with van der Waals surface area (Å²) in [6.07, 6.45) is 8.01. The fourth-order valence-corrected chi connectivity index (χ4v) is 2.09.